The Balaban J connectivity index is 1.61. The maximum atomic E-state index is 7.03. The van der Waals surface area contributed by atoms with Crippen LogP contribution in [0.5, 0.6) is 5.75 Å². The van der Waals surface area contributed by atoms with E-state index in [2.05, 4.69) is 93.6 Å². The minimum absolute atomic E-state index is 0.0777. The topological polar surface area (TPSA) is 18.5 Å². The van der Waals surface area contributed by atoms with Gasteiger partial charge >= 0.3 is 0 Å². The van der Waals surface area contributed by atoms with Gasteiger partial charge in [0.15, 0.2) is 0 Å². The molecule has 0 bridgehead atoms. The summed E-state index contributed by atoms with van der Waals surface area (Å²) in [5.41, 5.74) is 2.01. The van der Waals surface area contributed by atoms with Gasteiger partial charge in [-0.25, -0.2) is 0 Å². The Morgan fingerprint density at radius 1 is 0.676 bits per heavy atom. The molecule has 4 aromatic carbocycles. The Hall–Kier alpha value is -2.85. The highest BCUT2D eigenvalue weighted by Gasteiger charge is 2.50. The van der Waals surface area contributed by atoms with E-state index in [1.807, 2.05) is 36.4 Å². The standard InChI is InChI=1S/C30H31ClO2Si/c1-30(2,3)34(27-15-9-5-10-16-27,28-17-11-6-12-18-28)33-23-25-20-19-24(21-29(25)31)22-32-26-13-7-4-8-14-26/h4-21H,22-23H2,1-3H3. The predicted octanol–water partition coefficient (Wildman–Crippen LogP) is 7.00. The molecule has 2 nitrogen and oxygen atoms in total. The van der Waals surface area contributed by atoms with Crippen molar-refractivity contribution >= 4 is 30.3 Å². The Labute approximate surface area is 209 Å². The first-order valence-corrected chi connectivity index (χ1v) is 13.9. The minimum Gasteiger partial charge on any atom is -0.489 e. The molecule has 4 heteroatoms. The summed E-state index contributed by atoms with van der Waals surface area (Å²) in [7, 11) is -2.61. The molecule has 0 aliphatic heterocycles. The largest absolute Gasteiger partial charge is 0.489 e. The Bertz CT molecular complexity index is 1150. The summed E-state index contributed by atoms with van der Waals surface area (Å²) in [6.45, 7) is 7.77. The van der Waals surface area contributed by atoms with Gasteiger partial charge in [0.05, 0.1) is 6.61 Å². The third-order valence-electron chi connectivity index (χ3n) is 6.13. The van der Waals surface area contributed by atoms with Crippen molar-refractivity contribution in [2.75, 3.05) is 0 Å². The van der Waals surface area contributed by atoms with Gasteiger partial charge in [-0.1, -0.05) is 123 Å². The molecule has 0 aliphatic rings. The maximum absolute atomic E-state index is 7.03. The van der Waals surface area contributed by atoms with Gasteiger partial charge in [0, 0.05) is 5.02 Å². The summed E-state index contributed by atoms with van der Waals surface area (Å²) in [6, 6.07) is 37.3. The van der Waals surface area contributed by atoms with Crippen LogP contribution in [-0.2, 0) is 17.6 Å². The minimum atomic E-state index is -2.61. The highest BCUT2D eigenvalue weighted by molar-refractivity contribution is 6.99. The van der Waals surface area contributed by atoms with Gasteiger partial charge in [-0.05, 0) is 44.7 Å². The third-order valence-corrected chi connectivity index (χ3v) is 11.5. The number of rotatable bonds is 8. The first kappa shape index (κ1) is 24.3. The molecule has 34 heavy (non-hydrogen) atoms. The maximum Gasteiger partial charge on any atom is 0.261 e. The van der Waals surface area contributed by atoms with Crippen LogP contribution < -0.4 is 15.1 Å². The van der Waals surface area contributed by atoms with Crippen molar-refractivity contribution in [2.24, 2.45) is 0 Å². The molecule has 0 saturated carbocycles. The molecule has 0 radical (unpaired) electrons. The van der Waals surface area contributed by atoms with Gasteiger partial charge in [0.1, 0.15) is 12.4 Å². The van der Waals surface area contributed by atoms with Crippen molar-refractivity contribution < 1.29 is 9.16 Å². The number of hydrogen-bond acceptors (Lipinski definition) is 2. The zero-order chi connectivity index (χ0) is 24.0. The van der Waals surface area contributed by atoms with Gasteiger partial charge in [0.25, 0.3) is 8.32 Å². The summed E-state index contributed by atoms with van der Waals surface area (Å²) >= 11 is 6.73. The van der Waals surface area contributed by atoms with Crippen molar-refractivity contribution in [2.45, 2.75) is 39.0 Å². The van der Waals surface area contributed by atoms with Crippen LogP contribution in [0.15, 0.2) is 109 Å². The van der Waals surface area contributed by atoms with Crippen molar-refractivity contribution in [3.05, 3.63) is 125 Å². The van der Waals surface area contributed by atoms with Crippen LogP contribution in [0.3, 0.4) is 0 Å². The average molecular weight is 487 g/mol. The van der Waals surface area contributed by atoms with Crippen molar-refractivity contribution in [3.63, 3.8) is 0 Å². The van der Waals surface area contributed by atoms with E-state index >= 15 is 0 Å². The van der Waals surface area contributed by atoms with E-state index in [1.54, 1.807) is 0 Å². The second-order valence-corrected chi connectivity index (χ2v) is 14.2. The summed E-state index contributed by atoms with van der Waals surface area (Å²) in [4.78, 5) is 0. The van der Waals surface area contributed by atoms with Gasteiger partial charge < -0.3 is 9.16 Å². The van der Waals surface area contributed by atoms with Crippen molar-refractivity contribution in [1.29, 1.82) is 0 Å². The van der Waals surface area contributed by atoms with Crippen molar-refractivity contribution in [3.8, 4) is 5.75 Å². The van der Waals surface area contributed by atoms with Gasteiger partial charge in [-0.2, -0.15) is 0 Å². The molecule has 0 saturated heterocycles. The summed E-state index contributed by atoms with van der Waals surface area (Å²) < 4.78 is 12.9. The van der Waals surface area contributed by atoms with Crippen LogP contribution in [0, 0.1) is 0 Å². The fourth-order valence-electron chi connectivity index (χ4n) is 4.43. The lowest BCUT2D eigenvalue weighted by Crippen LogP contribution is -2.66. The van der Waals surface area contributed by atoms with E-state index in [1.165, 1.54) is 10.4 Å². The Morgan fingerprint density at radius 3 is 1.71 bits per heavy atom. The van der Waals surface area contributed by atoms with E-state index in [0.717, 1.165) is 16.9 Å². The fraction of sp³-hybridized carbons (Fsp3) is 0.200. The predicted molar refractivity (Wildman–Crippen MR) is 145 cm³/mol. The molecule has 0 heterocycles. The first-order chi connectivity index (χ1) is 16.4. The third kappa shape index (κ3) is 5.28. The smallest absolute Gasteiger partial charge is 0.261 e. The molecule has 0 aromatic heterocycles. The van der Waals surface area contributed by atoms with Gasteiger partial charge in [-0.3, -0.25) is 0 Å². The molecule has 0 N–H and O–H groups in total. The lowest BCUT2D eigenvalue weighted by Gasteiger charge is -2.43. The highest BCUT2D eigenvalue weighted by Crippen LogP contribution is 2.37. The van der Waals surface area contributed by atoms with E-state index in [-0.39, 0.29) is 5.04 Å². The number of halogens is 1. The van der Waals surface area contributed by atoms with Crippen LogP contribution in [0.1, 0.15) is 31.9 Å². The molecule has 0 spiro atoms. The fourth-order valence-corrected chi connectivity index (χ4v) is 9.21. The van der Waals surface area contributed by atoms with Crippen molar-refractivity contribution in [1.82, 2.24) is 0 Å². The molecular formula is C30H31ClO2Si. The summed E-state index contributed by atoms with van der Waals surface area (Å²) in [5, 5.41) is 3.15. The SMILES string of the molecule is CC(C)(C)[Si](OCc1ccc(COc2ccccc2)cc1Cl)(c1ccccc1)c1ccccc1. The number of benzene rings is 4. The lowest BCUT2D eigenvalue weighted by atomic mass is 10.1. The van der Waals surface area contributed by atoms with E-state index in [4.69, 9.17) is 20.8 Å². The summed E-state index contributed by atoms with van der Waals surface area (Å²) in [6.07, 6.45) is 0. The molecule has 4 aromatic rings. The van der Waals surface area contributed by atoms with Gasteiger partial charge in [-0.15, -0.1) is 0 Å². The van der Waals surface area contributed by atoms with E-state index in [0.29, 0.717) is 18.2 Å². The summed E-state index contributed by atoms with van der Waals surface area (Å²) in [5.74, 6) is 0.845. The second kappa shape index (κ2) is 10.6. The Kier molecular flexibility index (Phi) is 7.57. The molecule has 0 amide bonds. The zero-order valence-electron chi connectivity index (χ0n) is 20.0. The quantitative estimate of drug-likeness (QED) is 0.250. The Morgan fingerprint density at radius 2 is 1.21 bits per heavy atom. The van der Waals surface area contributed by atoms with Crippen LogP contribution in [0.4, 0.5) is 0 Å². The number of hydrogen-bond donors (Lipinski definition) is 0. The van der Waals surface area contributed by atoms with E-state index in [9.17, 15) is 0 Å². The average Bonchev–Trinajstić information content (AvgIpc) is 2.85. The normalized spacial score (nSPS) is 11.9. The number of para-hydroxylation sites is 1. The highest BCUT2D eigenvalue weighted by atomic mass is 35.5. The molecule has 0 unspecified atom stereocenters. The van der Waals surface area contributed by atoms with Crippen LogP contribution >= 0.6 is 11.6 Å². The molecule has 174 valence electrons. The molecule has 0 aliphatic carbocycles. The zero-order valence-corrected chi connectivity index (χ0v) is 21.8. The van der Waals surface area contributed by atoms with Crippen LogP contribution in [0.2, 0.25) is 10.1 Å². The van der Waals surface area contributed by atoms with E-state index < -0.39 is 8.32 Å². The molecule has 0 atom stereocenters. The molecular weight excluding hydrogens is 456 g/mol. The lowest BCUT2D eigenvalue weighted by molar-refractivity contribution is 0.286. The monoisotopic (exact) mass is 486 g/mol. The first-order valence-electron chi connectivity index (χ1n) is 11.6. The van der Waals surface area contributed by atoms with Gasteiger partial charge in [0.2, 0.25) is 0 Å². The second-order valence-electron chi connectivity index (χ2n) is 9.48. The number of ether oxygens (including phenoxy) is 1. The molecule has 4 rings (SSSR count). The molecule has 0 fully saturated rings. The van der Waals surface area contributed by atoms with Crippen LogP contribution in [-0.4, -0.2) is 8.32 Å². The van der Waals surface area contributed by atoms with Crippen LogP contribution in [0.25, 0.3) is 0 Å².